The second kappa shape index (κ2) is 6.64. The number of halogens is 4. The van der Waals surface area contributed by atoms with E-state index in [1.54, 1.807) is 12.3 Å². The maximum Gasteiger partial charge on any atom is 0.416 e. The SMILES string of the molecule is FC(F)(F)c1ccc(Cl)c(NC(=S)N(Cc2ccco2)C2CC2)c1. The van der Waals surface area contributed by atoms with Crippen molar-refractivity contribution in [2.75, 3.05) is 5.32 Å². The van der Waals surface area contributed by atoms with Gasteiger partial charge in [-0.15, -0.1) is 0 Å². The van der Waals surface area contributed by atoms with Crippen LogP contribution in [0, 0.1) is 0 Å². The van der Waals surface area contributed by atoms with Gasteiger partial charge in [0.25, 0.3) is 0 Å². The van der Waals surface area contributed by atoms with Crippen LogP contribution >= 0.6 is 23.8 Å². The van der Waals surface area contributed by atoms with E-state index >= 15 is 0 Å². The Kier molecular flexibility index (Phi) is 4.73. The van der Waals surface area contributed by atoms with Crippen molar-refractivity contribution < 1.29 is 17.6 Å². The predicted molar refractivity (Wildman–Crippen MR) is 89.9 cm³/mol. The Balaban J connectivity index is 1.77. The topological polar surface area (TPSA) is 28.4 Å². The van der Waals surface area contributed by atoms with Crippen LogP contribution in [0.2, 0.25) is 5.02 Å². The van der Waals surface area contributed by atoms with Crippen LogP contribution in [0.5, 0.6) is 0 Å². The maximum absolute atomic E-state index is 12.9. The monoisotopic (exact) mass is 374 g/mol. The molecule has 0 spiro atoms. The molecule has 1 aliphatic carbocycles. The van der Waals surface area contributed by atoms with Crippen molar-refractivity contribution in [2.24, 2.45) is 0 Å². The minimum absolute atomic E-state index is 0.140. The molecule has 1 aromatic carbocycles. The fourth-order valence-corrected chi connectivity index (χ4v) is 2.80. The van der Waals surface area contributed by atoms with Gasteiger partial charge in [0.05, 0.1) is 29.1 Å². The summed E-state index contributed by atoms with van der Waals surface area (Å²) in [6.07, 6.45) is -0.898. The Hall–Kier alpha value is -1.73. The molecule has 128 valence electrons. The Morgan fingerprint density at radius 1 is 1.33 bits per heavy atom. The molecule has 1 N–H and O–H groups in total. The highest BCUT2D eigenvalue weighted by Crippen LogP contribution is 2.35. The summed E-state index contributed by atoms with van der Waals surface area (Å²) in [5.41, 5.74) is -0.636. The van der Waals surface area contributed by atoms with Gasteiger partial charge in [0, 0.05) is 6.04 Å². The van der Waals surface area contributed by atoms with Gasteiger partial charge in [-0.2, -0.15) is 13.2 Å². The summed E-state index contributed by atoms with van der Waals surface area (Å²) in [5.74, 6) is 0.737. The largest absolute Gasteiger partial charge is 0.467 e. The van der Waals surface area contributed by atoms with Crippen LogP contribution in [0.15, 0.2) is 41.0 Å². The molecule has 8 heteroatoms. The third-order valence-corrected chi connectivity index (χ3v) is 4.36. The van der Waals surface area contributed by atoms with Gasteiger partial charge < -0.3 is 14.6 Å². The molecule has 1 aromatic heterocycles. The van der Waals surface area contributed by atoms with E-state index in [9.17, 15) is 13.2 Å². The summed E-state index contributed by atoms with van der Waals surface area (Å²) in [6, 6.07) is 6.99. The van der Waals surface area contributed by atoms with Crippen LogP contribution < -0.4 is 5.32 Å². The number of benzene rings is 1. The van der Waals surface area contributed by atoms with Crippen molar-refractivity contribution >= 4 is 34.6 Å². The minimum atomic E-state index is -4.44. The van der Waals surface area contributed by atoms with Crippen LogP contribution in [0.25, 0.3) is 0 Å². The first-order chi connectivity index (χ1) is 11.3. The van der Waals surface area contributed by atoms with Crippen LogP contribution in [0.1, 0.15) is 24.2 Å². The number of rotatable bonds is 4. The van der Waals surface area contributed by atoms with Crippen molar-refractivity contribution in [3.8, 4) is 0 Å². The van der Waals surface area contributed by atoms with Crippen LogP contribution in [0.4, 0.5) is 18.9 Å². The van der Waals surface area contributed by atoms with Gasteiger partial charge in [-0.05, 0) is 55.4 Å². The molecule has 1 saturated carbocycles. The molecule has 2 aromatic rings. The summed E-state index contributed by atoms with van der Waals surface area (Å²) < 4.78 is 43.9. The fourth-order valence-electron chi connectivity index (χ4n) is 2.31. The Bertz CT molecular complexity index is 729. The van der Waals surface area contributed by atoms with E-state index in [-0.39, 0.29) is 16.8 Å². The van der Waals surface area contributed by atoms with E-state index in [1.165, 1.54) is 6.07 Å². The van der Waals surface area contributed by atoms with Crippen LogP contribution in [0.3, 0.4) is 0 Å². The van der Waals surface area contributed by atoms with Gasteiger partial charge in [0.15, 0.2) is 5.11 Å². The normalized spacial score (nSPS) is 14.5. The fraction of sp³-hybridized carbons (Fsp3) is 0.312. The number of hydrogen-bond donors (Lipinski definition) is 1. The molecule has 1 fully saturated rings. The smallest absolute Gasteiger partial charge is 0.416 e. The molecule has 0 saturated heterocycles. The quantitative estimate of drug-likeness (QED) is 0.734. The van der Waals surface area contributed by atoms with Crippen molar-refractivity contribution in [1.29, 1.82) is 0 Å². The molecular weight excluding hydrogens is 361 g/mol. The number of furan rings is 1. The van der Waals surface area contributed by atoms with Crippen LogP contribution in [-0.2, 0) is 12.7 Å². The Morgan fingerprint density at radius 3 is 2.67 bits per heavy atom. The van der Waals surface area contributed by atoms with Crippen molar-refractivity contribution in [3.63, 3.8) is 0 Å². The highest BCUT2D eigenvalue weighted by molar-refractivity contribution is 7.80. The highest BCUT2D eigenvalue weighted by atomic mass is 35.5. The molecule has 1 heterocycles. The molecule has 3 nitrogen and oxygen atoms in total. The summed E-state index contributed by atoms with van der Waals surface area (Å²) in [6.45, 7) is 0.458. The number of thiocarbonyl (C=S) groups is 1. The second-order valence-corrected chi connectivity index (χ2v) is 6.35. The Labute approximate surface area is 147 Å². The Morgan fingerprint density at radius 2 is 2.08 bits per heavy atom. The summed E-state index contributed by atoms with van der Waals surface area (Å²) in [5, 5.41) is 3.35. The lowest BCUT2D eigenvalue weighted by Gasteiger charge is -2.25. The van der Waals surface area contributed by atoms with E-state index < -0.39 is 11.7 Å². The first-order valence-electron chi connectivity index (χ1n) is 7.31. The number of hydrogen-bond acceptors (Lipinski definition) is 2. The zero-order chi connectivity index (χ0) is 17.3. The van der Waals surface area contributed by atoms with Crippen molar-refractivity contribution in [2.45, 2.75) is 31.6 Å². The first-order valence-corrected chi connectivity index (χ1v) is 8.10. The molecule has 0 atom stereocenters. The third-order valence-electron chi connectivity index (χ3n) is 3.69. The van der Waals surface area contributed by atoms with Crippen molar-refractivity contribution in [1.82, 2.24) is 4.90 Å². The first kappa shape index (κ1) is 17.1. The molecule has 0 unspecified atom stereocenters. The average molecular weight is 375 g/mol. The number of nitrogens with zero attached hydrogens (tertiary/aromatic N) is 1. The summed E-state index contributed by atoms with van der Waals surface area (Å²) in [7, 11) is 0. The zero-order valence-corrected chi connectivity index (χ0v) is 14.0. The number of nitrogens with one attached hydrogen (secondary N) is 1. The van der Waals surface area contributed by atoms with Gasteiger partial charge in [-0.3, -0.25) is 0 Å². The van der Waals surface area contributed by atoms with Gasteiger partial charge in [-0.25, -0.2) is 0 Å². The molecular formula is C16H14ClF3N2OS. The molecule has 1 aliphatic rings. The zero-order valence-electron chi connectivity index (χ0n) is 12.4. The average Bonchev–Trinajstić information content (AvgIpc) is 3.22. The molecule has 0 aliphatic heterocycles. The van der Waals surface area contributed by atoms with E-state index in [4.69, 9.17) is 28.2 Å². The van der Waals surface area contributed by atoms with Gasteiger partial charge in [0.2, 0.25) is 0 Å². The van der Waals surface area contributed by atoms with Gasteiger partial charge in [0.1, 0.15) is 5.76 Å². The predicted octanol–water partition coefficient (Wildman–Crippen LogP) is 5.31. The molecule has 0 bridgehead atoms. The van der Waals surface area contributed by atoms with Gasteiger partial charge in [-0.1, -0.05) is 11.6 Å². The molecule has 24 heavy (non-hydrogen) atoms. The lowest BCUT2D eigenvalue weighted by atomic mass is 10.2. The maximum atomic E-state index is 12.9. The van der Waals surface area contributed by atoms with E-state index in [1.807, 2.05) is 11.0 Å². The van der Waals surface area contributed by atoms with E-state index in [0.717, 1.165) is 30.7 Å². The van der Waals surface area contributed by atoms with Crippen LogP contribution in [-0.4, -0.2) is 16.1 Å². The number of anilines is 1. The minimum Gasteiger partial charge on any atom is -0.467 e. The second-order valence-electron chi connectivity index (χ2n) is 5.56. The lowest BCUT2D eigenvalue weighted by molar-refractivity contribution is -0.137. The van der Waals surface area contributed by atoms with Gasteiger partial charge >= 0.3 is 6.18 Å². The molecule has 0 radical (unpaired) electrons. The van der Waals surface area contributed by atoms with Crippen molar-refractivity contribution in [3.05, 3.63) is 52.9 Å². The van der Waals surface area contributed by atoms with E-state index in [0.29, 0.717) is 11.7 Å². The summed E-state index contributed by atoms with van der Waals surface area (Å²) in [4.78, 5) is 1.91. The molecule has 0 amide bonds. The lowest BCUT2D eigenvalue weighted by Crippen LogP contribution is -2.36. The third kappa shape index (κ3) is 4.02. The standard InChI is InChI=1S/C16H14ClF3N2OS/c17-13-6-3-10(16(18,19)20)8-14(13)21-15(24)22(11-4-5-11)9-12-2-1-7-23-12/h1-3,6-8,11H,4-5,9H2,(H,21,24). The van der Waals surface area contributed by atoms with E-state index in [2.05, 4.69) is 5.32 Å². The summed E-state index contributed by atoms with van der Waals surface area (Å²) >= 11 is 11.4. The highest BCUT2D eigenvalue weighted by Gasteiger charge is 2.33. The molecule has 3 rings (SSSR count). The number of alkyl halides is 3.